The van der Waals surface area contributed by atoms with Crippen LogP contribution >= 0.6 is 11.6 Å². The van der Waals surface area contributed by atoms with E-state index >= 15 is 0 Å². The Bertz CT molecular complexity index is 1390. The van der Waals surface area contributed by atoms with Crippen molar-refractivity contribution in [3.05, 3.63) is 119 Å². The molecule has 0 saturated heterocycles. The van der Waals surface area contributed by atoms with E-state index in [1.165, 1.54) is 0 Å². The third-order valence-electron chi connectivity index (χ3n) is 6.56. The number of rotatable bonds is 9. The molecule has 4 nitrogen and oxygen atoms in total. The van der Waals surface area contributed by atoms with Gasteiger partial charge in [0.2, 0.25) is 11.8 Å². The van der Waals surface area contributed by atoms with Crippen LogP contribution in [-0.4, -0.2) is 28.3 Å². The average molecular weight is 527 g/mol. The van der Waals surface area contributed by atoms with Gasteiger partial charge in [-0.2, -0.15) is 0 Å². The van der Waals surface area contributed by atoms with E-state index in [4.69, 9.17) is 11.6 Å². The summed E-state index contributed by atoms with van der Waals surface area (Å²) in [5.41, 5.74) is 2.49. The molecule has 4 aromatic carbocycles. The van der Waals surface area contributed by atoms with E-state index in [1.807, 2.05) is 93.6 Å². The molecule has 0 aromatic heterocycles. The Balaban J connectivity index is 1.67. The van der Waals surface area contributed by atoms with Gasteiger partial charge in [0.25, 0.3) is 0 Å². The van der Waals surface area contributed by atoms with Crippen LogP contribution in [0.15, 0.2) is 97.1 Å². The number of benzene rings is 4. The number of hydrogen-bond donors (Lipinski definition) is 1. The molecule has 0 saturated carbocycles. The highest BCUT2D eigenvalue weighted by molar-refractivity contribution is 6.31. The minimum Gasteiger partial charge on any atom is -0.350 e. The van der Waals surface area contributed by atoms with Gasteiger partial charge in [-0.3, -0.25) is 9.59 Å². The van der Waals surface area contributed by atoms with Crippen LogP contribution in [0.4, 0.5) is 0 Å². The molecule has 0 aliphatic carbocycles. The number of halogens is 1. The van der Waals surface area contributed by atoms with Gasteiger partial charge in [0.05, 0.1) is 0 Å². The predicted octanol–water partition coefficient (Wildman–Crippen LogP) is 6.98. The van der Waals surface area contributed by atoms with Crippen molar-refractivity contribution in [2.75, 3.05) is 0 Å². The smallest absolute Gasteiger partial charge is 0.243 e. The quantitative estimate of drug-likeness (QED) is 0.256. The van der Waals surface area contributed by atoms with E-state index in [2.05, 4.69) is 29.6 Å². The van der Waals surface area contributed by atoms with Gasteiger partial charge in [-0.05, 0) is 60.7 Å². The molecule has 196 valence electrons. The summed E-state index contributed by atoms with van der Waals surface area (Å²) < 4.78 is 0. The number of carbonyl (C=O) groups excluding carboxylic acids is 2. The van der Waals surface area contributed by atoms with Crippen LogP contribution in [-0.2, 0) is 29.0 Å². The number of fused-ring (bicyclic) bond motifs is 1. The van der Waals surface area contributed by atoms with Crippen LogP contribution in [0.1, 0.15) is 43.9 Å². The van der Waals surface area contributed by atoms with E-state index in [9.17, 15) is 9.59 Å². The Hall–Kier alpha value is -3.63. The zero-order valence-electron chi connectivity index (χ0n) is 22.3. The van der Waals surface area contributed by atoms with Crippen LogP contribution in [0, 0.1) is 0 Å². The molecule has 38 heavy (non-hydrogen) atoms. The van der Waals surface area contributed by atoms with Crippen LogP contribution in [0.3, 0.4) is 0 Å². The summed E-state index contributed by atoms with van der Waals surface area (Å²) >= 11 is 6.52. The Labute approximate surface area is 230 Å². The Morgan fingerprint density at radius 2 is 1.45 bits per heavy atom. The standard InChI is InChI=1S/C33H35ClN2O2/c1-33(2,3)35-32(38)30(22-24-12-5-4-6-13-24)36(23-27-15-8-10-19-29(27)34)31(37)21-20-26-17-11-16-25-14-7-9-18-28(25)26/h4-19,30H,20-23H2,1-3H3,(H,35,38). The highest BCUT2D eigenvalue weighted by atomic mass is 35.5. The van der Waals surface area contributed by atoms with Crippen LogP contribution in [0.5, 0.6) is 0 Å². The molecular formula is C33H35ClN2O2. The summed E-state index contributed by atoms with van der Waals surface area (Å²) in [6, 6.07) is 31.0. The number of hydrogen-bond acceptors (Lipinski definition) is 2. The first-order valence-electron chi connectivity index (χ1n) is 13.1. The third kappa shape index (κ3) is 7.23. The molecule has 0 aliphatic heterocycles. The highest BCUT2D eigenvalue weighted by Gasteiger charge is 2.32. The van der Waals surface area contributed by atoms with E-state index < -0.39 is 11.6 Å². The Morgan fingerprint density at radius 1 is 0.816 bits per heavy atom. The second-order valence-corrected chi connectivity index (χ2v) is 11.1. The van der Waals surface area contributed by atoms with Crippen molar-refractivity contribution in [1.29, 1.82) is 0 Å². The lowest BCUT2D eigenvalue weighted by Crippen LogP contribution is -2.54. The molecule has 0 radical (unpaired) electrons. The molecule has 0 aliphatic rings. The first-order chi connectivity index (χ1) is 18.2. The third-order valence-corrected chi connectivity index (χ3v) is 6.92. The summed E-state index contributed by atoms with van der Waals surface area (Å²) in [5.74, 6) is -0.255. The topological polar surface area (TPSA) is 49.4 Å². The maximum absolute atomic E-state index is 14.0. The SMILES string of the molecule is CC(C)(C)NC(=O)C(Cc1ccccc1)N(Cc1ccccc1Cl)C(=O)CCc1cccc2ccccc12. The molecule has 5 heteroatoms. The van der Waals surface area contributed by atoms with Gasteiger partial charge in [0.15, 0.2) is 0 Å². The fraction of sp³-hybridized carbons (Fsp3) is 0.273. The highest BCUT2D eigenvalue weighted by Crippen LogP contribution is 2.24. The molecule has 0 bridgehead atoms. The molecule has 4 rings (SSSR count). The largest absolute Gasteiger partial charge is 0.350 e. The van der Waals surface area contributed by atoms with Crippen molar-refractivity contribution in [1.82, 2.24) is 10.2 Å². The van der Waals surface area contributed by atoms with Crippen molar-refractivity contribution >= 4 is 34.2 Å². The fourth-order valence-electron chi connectivity index (χ4n) is 4.71. The van der Waals surface area contributed by atoms with Gasteiger partial charge in [-0.25, -0.2) is 0 Å². The fourth-order valence-corrected chi connectivity index (χ4v) is 4.91. The van der Waals surface area contributed by atoms with Crippen molar-refractivity contribution in [2.45, 2.75) is 58.2 Å². The van der Waals surface area contributed by atoms with E-state index in [1.54, 1.807) is 4.90 Å². The first-order valence-corrected chi connectivity index (χ1v) is 13.4. The second-order valence-electron chi connectivity index (χ2n) is 10.7. The minimum atomic E-state index is -0.687. The zero-order chi connectivity index (χ0) is 27.1. The summed E-state index contributed by atoms with van der Waals surface area (Å²) in [6.07, 6.45) is 1.28. The summed E-state index contributed by atoms with van der Waals surface area (Å²) in [6.45, 7) is 6.10. The molecule has 1 atom stereocenters. The summed E-state index contributed by atoms with van der Waals surface area (Å²) in [7, 11) is 0. The maximum Gasteiger partial charge on any atom is 0.243 e. The van der Waals surface area contributed by atoms with Crippen molar-refractivity contribution in [2.24, 2.45) is 0 Å². The number of carbonyl (C=O) groups is 2. The summed E-state index contributed by atoms with van der Waals surface area (Å²) in [4.78, 5) is 29.4. The lowest BCUT2D eigenvalue weighted by Gasteiger charge is -2.34. The molecule has 2 amide bonds. The van der Waals surface area contributed by atoms with E-state index in [0.717, 1.165) is 27.5 Å². The van der Waals surface area contributed by atoms with E-state index in [-0.39, 0.29) is 24.8 Å². The molecule has 0 heterocycles. The Morgan fingerprint density at radius 3 is 2.18 bits per heavy atom. The Kier molecular flexibility index (Phi) is 8.85. The van der Waals surface area contributed by atoms with Crippen molar-refractivity contribution < 1.29 is 9.59 Å². The number of nitrogens with zero attached hydrogens (tertiary/aromatic N) is 1. The van der Waals surface area contributed by atoms with Crippen molar-refractivity contribution in [3.8, 4) is 0 Å². The second kappa shape index (κ2) is 12.3. The van der Waals surface area contributed by atoms with Gasteiger partial charge in [-0.15, -0.1) is 0 Å². The van der Waals surface area contributed by atoms with Gasteiger partial charge >= 0.3 is 0 Å². The zero-order valence-corrected chi connectivity index (χ0v) is 23.0. The van der Waals surface area contributed by atoms with E-state index in [0.29, 0.717) is 17.9 Å². The number of aryl methyl sites for hydroxylation is 1. The molecular weight excluding hydrogens is 492 g/mol. The summed E-state index contributed by atoms with van der Waals surface area (Å²) in [5, 5.41) is 5.98. The van der Waals surface area contributed by atoms with Gasteiger partial charge in [-0.1, -0.05) is 103 Å². The maximum atomic E-state index is 14.0. The van der Waals surface area contributed by atoms with Gasteiger partial charge in [0.1, 0.15) is 6.04 Å². The number of amides is 2. The molecule has 4 aromatic rings. The van der Waals surface area contributed by atoms with Gasteiger partial charge < -0.3 is 10.2 Å². The molecule has 1 unspecified atom stereocenters. The average Bonchev–Trinajstić information content (AvgIpc) is 2.90. The monoisotopic (exact) mass is 526 g/mol. The number of nitrogens with one attached hydrogen (secondary N) is 1. The molecule has 0 spiro atoms. The normalized spacial score (nSPS) is 12.2. The van der Waals surface area contributed by atoms with Gasteiger partial charge in [0, 0.05) is 29.9 Å². The van der Waals surface area contributed by atoms with Crippen LogP contribution in [0.25, 0.3) is 10.8 Å². The lowest BCUT2D eigenvalue weighted by molar-refractivity contribution is -0.141. The minimum absolute atomic E-state index is 0.0807. The van der Waals surface area contributed by atoms with Crippen LogP contribution < -0.4 is 5.32 Å². The molecule has 1 N–H and O–H groups in total. The van der Waals surface area contributed by atoms with Crippen molar-refractivity contribution in [3.63, 3.8) is 0 Å². The lowest BCUT2D eigenvalue weighted by atomic mass is 9.98. The first kappa shape index (κ1) is 27.4. The van der Waals surface area contributed by atoms with Crippen LogP contribution in [0.2, 0.25) is 5.02 Å². The molecule has 0 fully saturated rings. The predicted molar refractivity (Wildman–Crippen MR) is 156 cm³/mol.